The van der Waals surface area contributed by atoms with Gasteiger partial charge in [-0.3, -0.25) is 14.4 Å². The van der Waals surface area contributed by atoms with Gasteiger partial charge in [0.05, 0.1) is 11.9 Å². The van der Waals surface area contributed by atoms with E-state index in [1.165, 1.54) is 24.5 Å². The van der Waals surface area contributed by atoms with Gasteiger partial charge in [-0.1, -0.05) is 12.2 Å². The van der Waals surface area contributed by atoms with Crippen molar-refractivity contribution in [3.05, 3.63) is 36.4 Å². The number of anilines is 1. The van der Waals surface area contributed by atoms with Crippen molar-refractivity contribution in [3.8, 4) is 0 Å². The van der Waals surface area contributed by atoms with Crippen LogP contribution in [0, 0.1) is 0 Å². The summed E-state index contributed by atoms with van der Waals surface area (Å²) in [7, 11) is -3.83. The van der Waals surface area contributed by atoms with Gasteiger partial charge in [0.15, 0.2) is 0 Å². The van der Waals surface area contributed by atoms with E-state index in [0.29, 0.717) is 5.69 Å². The Morgan fingerprint density at radius 1 is 1.48 bits per heavy atom. The maximum atomic E-state index is 12.4. The van der Waals surface area contributed by atoms with Crippen molar-refractivity contribution in [1.82, 2.24) is 14.8 Å². The molecule has 0 unspecified atom stereocenters. The van der Waals surface area contributed by atoms with E-state index in [1.807, 2.05) is 13.8 Å². The fourth-order valence-corrected chi connectivity index (χ4v) is 3.10. The van der Waals surface area contributed by atoms with Gasteiger partial charge in [-0.15, -0.1) is 0 Å². The summed E-state index contributed by atoms with van der Waals surface area (Å²) in [6.45, 7) is 3.88. The molecule has 2 aromatic heterocycles. The van der Waals surface area contributed by atoms with E-state index in [9.17, 15) is 8.42 Å². The van der Waals surface area contributed by atoms with Crippen molar-refractivity contribution >= 4 is 32.9 Å². The molecule has 2 aromatic rings. The minimum atomic E-state index is -3.83. The van der Waals surface area contributed by atoms with Gasteiger partial charge in [0.2, 0.25) is 0 Å². The smallest absolute Gasteiger partial charge is 0.264 e. The Bertz CT molecular complexity index is 767. The summed E-state index contributed by atoms with van der Waals surface area (Å²) in [6, 6.07) is 3.04. The molecule has 0 aliphatic carbocycles. The lowest BCUT2D eigenvalue weighted by Crippen LogP contribution is -2.21. The van der Waals surface area contributed by atoms with Crippen LogP contribution in [-0.2, 0) is 10.0 Å². The second-order valence-corrected chi connectivity index (χ2v) is 6.71. The predicted octanol–water partition coefficient (Wildman–Crippen LogP) is 1.29. The van der Waals surface area contributed by atoms with Gasteiger partial charge < -0.3 is 5.73 Å². The molecule has 7 nitrogen and oxygen atoms in total. The van der Waals surface area contributed by atoms with E-state index < -0.39 is 10.0 Å². The fourth-order valence-electron chi connectivity index (χ4n) is 1.68. The molecule has 0 bridgehead atoms. The average molecular weight is 325 g/mol. The molecule has 0 aromatic carbocycles. The molecule has 21 heavy (non-hydrogen) atoms. The highest BCUT2D eigenvalue weighted by atomic mass is 32.2. The van der Waals surface area contributed by atoms with Gasteiger partial charge in [-0.05, 0) is 26.0 Å². The Hall–Kier alpha value is -2.00. The van der Waals surface area contributed by atoms with Crippen molar-refractivity contribution in [3.63, 3.8) is 0 Å². The molecule has 2 rings (SSSR count). The molecule has 3 N–H and O–H groups in total. The first-order chi connectivity index (χ1) is 9.81. The highest BCUT2D eigenvalue weighted by Crippen LogP contribution is 2.18. The van der Waals surface area contributed by atoms with E-state index in [0.717, 1.165) is 0 Å². The van der Waals surface area contributed by atoms with Gasteiger partial charge in [-0.25, -0.2) is 8.42 Å². The predicted molar refractivity (Wildman–Crippen MR) is 83.5 cm³/mol. The molecule has 0 aliphatic heterocycles. The van der Waals surface area contributed by atoms with Crippen LogP contribution in [0.15, 0.2) is 35.6 Å². The summed E-state index contributed by atoms with van der Waals surface area (Å²) < 4.78 is 28.9. The van der Waals surface area contributed by atoms with Crippen molar-refractivity contribution in [2.75, 3.05) is 4.72 Å². The maximum absolute atomic E-state index is 12.4. The fraction of sp³-hybridized carbons (Fsp3) is 0.250. The third kappa shape index (κ3) is 3.37. The minimum absolute atomic E-state index is 0.0604. The quantitative estimate of drug-likeness (QED) is 0.803. The van der Waals surface area contributed by atoms with Crippen LogP contribution < -0.4 is 10.5 Å². The molecule has 0 fully saturated rings. The van der Waals surface area contributed by atoms with Gasteiger partial charge in [0.25, 0.3) is 10.0 Å². The third-order valence-corrected chi connectivity index (χ3v) is 4.28. The number of thiocarbonyl (C=S) groups is 1. The van der Waals surface area contributed by atoms with Crippen molar-refractivity contribution in [2.45, 2.75) is 24.8 Å². The van der Waals surface area contributed by atoms with E-state index in [4.69, 9.17) is 18.0 Å². The maximum Gasteiger partial charge on any atom is 0.264 e. The first-order valence-electron chi connectivity index (χ1n) is 6.13. The first-order valence-corrected chi connectivity index (χ1v) is 8.02. The molecule has 112 valence electrons. The number of hydrogen-bond donors (Lipinski definition) is 2. The Labute approximate surface area is 128 Å². The lowest BCUT2D eigenvalue weighted by atomic mass is 10.3. The average Bonchev–Trinajstić information content (AvgIpc) is 2.86. The molecule has 0 saturated carbocycles. The molecular weight excluding hydrogens is 310 g/mol. The number of rotatable bonds is 5. The number of nitrogens with one attached hydrogen (secondary N) is 1. The number of aromatic nitrogens is 3. The number of sulfonamides is 1. The first kappa shape index (κ1) is 15.4. The van der Waals surface area contributed by atoms with E-state index in [1.54, 1.807) is 10.9 Å². The van der Waals surface area contributed by atoms with E-state index in [2.05, 4.69) is 14.8 Å². The highest BCUT2D eigenvalue weighted by Gasteiger charge is 2.21. The van der Waals surface area contributed by atoms with Gasteiger partial charge in [0, 0.05) is 18.4 Å². The molecule has 0 radical (unpaired) electrons. The normalized spacial score (nSPS) is 11.6. The summed E-state index contributed by atoms with van der Waals surface area (Å²) >= 11 is 4.83. The Morgan fingerprint density at radius 2 is 2.19 bits per heavy atom. The van der Waals surface area contributed by atoms with Crippen LogP contribution in [0.2, 0.25) is 0 Å². The zero-order valence-electron chi connectivity index (χ0n) is 11.5. The zero-order chi connectivity index (χ0) is 15.6. The van der Waals surface area contributed by atoms with Crippen LogP contribution in [0.4, 0.5) is 5.69 Å². The highest BCUT2D eigenvalue weighted by molar-refractivity contribution is 7.93. The molecule has 2 heterocycles. The molecule has 9 heteroatoms. The molecule has 0 aliphatic rings. The van der Waals surface area contributed by atoms with Crippen LogP contribution in [-0.4, -0.2) is 28.2 Å². The minimum Gasteiger partial charge on any atom is -0.388 e. The lowest BCUT2D eigenvalue weighted by Gasteiger charge is -2.09. The third-order valence-electron chi connectivity index (χ3n) is 2.68. The Morgan fingerprint density at radius 3 is 2.76 bits per heavy atom. The van der Waals surface area contributed by atoms with Crippen LogP contribution in [0.3, 0.4) is 0 Å². The molecule has 0 amide bonds. The Balaban J connectivity index is 2.36. The van der Waals surface area contributed by atoms with Crippen molar-refractivity contribution < 1.29 is 8.42 Å². The van der Waals surface area contributed by atoms with E-state index in [-0.39, 0.29) is 21.6 Å². The second-order valence-electron chi connectivity index (χ2n) is 4.62. The second kappa shape index (κ2) is 5.78. The van der Waals surface area contributed by atoms with Gasteiger partial charge in [0.1, 0.15) is 15.6 Å². The van der Waals surface area contributed by atoms with Crippen molar-refractivity contribution in [1.29, 1.82) is 0 Å². The SMILES string of the molecule is CC(C)n1cc(NS(=O)(=O)c2cccnc2C(N)=S)cn1. The summed E-state index contributed by atoms with van der Waals surface area (Å²) in [5.41, 5.74) is 5.94. The number of nitrogens with two attached hydrogens (primary N) is 1. The van der Waals surface area contributed by atoms with Crippen LogP contribution in [0.1, 0.15) is 25.6 Å². The zero-order valence-corrected chi connectivity index (χ0v) is 13.1. The van der Waals surface area contributed by atoms with Gasteiger partial charge in [-0.2, -0.15) is 5.10 Å². The van der Waals surface area contributed by atoms with Crippen LogP contribution >= 0.6 is 12.2 Å². The summed E-state index contributed by atoms with van der Waals surface area (Å²) in [4.78, 5) is 3.78. The topological polar surface area (TPSA) is 103 Å². The van der Waals surface area contributed by atoms with E-state index >= 15 is 0 Å². The number of nitrogens with zero attached hydrogens (tertiary/aromatic N) is 3. The molecular formula is C12H15N5O2S2. The molecule has 0 spiro atoms. The van der Waals surface area contributed by atoms with Gasteiger partial charge >= 0.3 is 0 Å². The Kier molecular flexibility index (Phi) is 4.24. The largest absolute Gasteiger partial charge is 0.388 e. The van der Waals surface area contributed by atoms with Crippen molar-refractivity contribution in [2.24, 2.45) is 5.73 Å². The molecule has 0 atom stereocenters. The monoisotopic (exact) mass is 325 g/mol. The van der Waals surface area contributed by atoms with Crippen LogP contribution in [0.25, 0.3) is 0 Å². The number of hydrogen-bond acceptors (Lipinski definition) is 5. The lowest BCUT2D eigenvalue weighted by molar-refractivity contribution is 0.532. The molecule has 0 saturated heterocycles. The summed E-state index contributed by atoms with van der Waals surface area (Å²) in [5, 5.41) is 4.07. The van der Waals surface area contributed by atoms with Crippen LogP contribution in [0.5, 0.6) is 0 Å². The number of pyridine rings is 1. The summed E-state index contributed by atoms with van der Waals surface area (Å²) in [6.07, 6.45) is 4.48. The summed E-state index contributed by atoms with van der Waals surface area (Å²) in [5.74, 6) is 0. The standard InChI is InChI=1S/C12H15N5O2S2/c1-8(2)17-7-9(6-15-17)16-21(18,19)10-4-3-5-14-11(10)12(13)20/h3-8,16H,1-2H3,(H2,13,20).